The predicted octanol–water partition coefficient (Wildman–Crippen LogP) is 1.80. The second-order valence-corrected chi connectivity index (χ2v) is 3.82. The Labute approximate surface area is 93.5 Å². The van der Waals surface area contributed by atoms with Gasteiger partial charge in [0.15, 0.2) is 0 Å². The molecular formula is C12H24N2O. The molecule has 0 rings (SSSR count). The van der Waals surface area contributed by atoms with E-state index in [1.54, 1.807) is 0 Å². The van der Waals surface area contributed by atoms with Gasteiger partial charge in [0.1, 0.15) is 0 Å². The lowest BCUT2D eigenvalue weighted by atomic mass is 10.2. The monoisotopic (exact) mass is 212 g/mol. The van der Waals surface area contributed by atoms with E-state index in [1.807, 2.05) is 31.7 Å². The standard InChI is InChI=1S/C12H24N2O/c1-6-9-10(4)13-11(5)12(15)14(7-2)8-3/h6,10-11,13H,1,7-9H2,2-5H3. The van der Waals surface area contributed by atoms with Crippen LogP contribution in [0.4, 0.5) is 0 Å². The quantitative estimate of drug-likeness (QED) is 0.653. The summed E-state index contributed by atoms with van der Waals surface area (Å²) < 4.78 is 0. The summed E-state index contributed by atoms with van der Waals surface area (Å²) in [5, 5.41) is 3.27. The van der Waals surface area contributed by atoms with Gasteiger partial charge in [-0.15, -0.1) is 6.58 Å². The molecule has 0 fully saturated rings. The number of rotatable bonds is 7. The molecule has 0 aliphatic carbocycles. The van der Waals surface area contributed by atoms with Crippen LogP contribution in [0.25, 0.3) is 0 Å². The van der Waals surface area contributed by atoms with Gasteiger partial charge in [0, 0.05) is 19.1 Å². The topological polar surface area (TPSA) is 32.3 Å². The van der Waals surface area contributed by atoms with Crippen LogP contribution in [0.2, 0.25) is 0 Å². The lowest BCUT2D eigenvalue weighted by Gasteiger charge is -2.25. The van der Waals surface area contributed by atoms with Gasteiger partial charge in [0.05, 0.1) is 6.04 Å². The summed E-state index contributed by atoms with van der Waals surface area (Å²) in [5.41, 5.74) is 0. The molecule has 3 nitrogen and oxygen atoms in total. The molecule has 1 amide bonds. The van der Waals surface area contributed by atoms with Gasteiger partial charge in [-0.2, -0.15) is 0 Å². The Morgan fingerprint density at radius 1 is 1.40 bits per heavy atom. The first-order valence-electron chi connectivity index (χ1n) is 5.72. The molecule has 0 saturated carbocycles. The molecule has 0 aromatic rings. The summed E-state index contributed by atoms with van der Waals surface area (Å²) in [6.45, 7) is 13.2. The highest BCUT2D eigenvalue weighted by Gasteiger charge is 2.18. The van der Waals surface area contributed by atoms with Gasteiger partial charge in [-0.05, 0) is 34.1 Å². The summed E-state index contributed by atoms with van der Waals surface area (Å²) in [6, 6.07) is 0.192. The Morgan fingerprint density at radius 2 is 1.93 bits per heavy atom. The van der Waals surface area contributed by atoms with Crippen LogP contribution in [-0.4, -0.2) is 36.0 Å². The van der Waals surface area contributed by atoms with Crippen LogP contribution in [0.5, 0.6) is 0 Å². The van der Waals surface area contributed by atoms with Crippen molar-refractivity contribution in [2.24, 2.45) is 0 Å². The van der Waals surface area contributed by atoms with Crippen molar-refractivity contribution in [3.05, 3.63) is 12.7 Å². The number of nitrogens with zero attached hydrogens (tertiary/aromatic N) is 1. The summed E-state index contributed by atoms with van der Waals surface area (Å²) in [6.07, 6.45) is 2.75. The lowest BCUT2D eigenvalue weighted by Crippen LogP contribution is -2.47. The van der Waals surface area contributed by atoms with Crippen molar-refractivity contribution in [2.75, 3.05) is 13.1 Å². The van der Waals surface area contributed by atoms with E-state index in [-0.39, 0.29) is 11.9 Å². The third-order valence-corrected chi connectivity index (χ3v) is 2.50. The number of carbonyl (C=O) groups excluding carboxylic acids is 1. The first-order chi connectivity index (χ1) is 7.06. The van der Waals surface area contributed by atoms with Gasteiger partial charge < -0.3 is 10.2 Å². The maximum absolute atomic E-state index is 11.9. The average Bonchev–Trinajstić information content (AvgIpc) is 2.19. The molecule has 0 aliphatic heterocycles. The van der Waals surface area contributed by atoms with Crippen molar-refractivity contribution >= 4 is 5.91 Å². The highest BCUT2D eigenvalue weighted by atomic mass is 16.2. The maximum atomic E-state index is 11.9. The zero-order valence-electron chi connectivity index (χ0n) is 10.4. The second kappa shape index (κ2) is 7.46. The van der Waals surface area contributed by atoms with Crippen LogP contribution in [0.3, 0.4) is 0 Å². The van der Waals surface area contributed by atoms with Crippen molar-refractivity contribution in [1.82, 2.24) is 10.2 Å². The fourth-order valence-electron chi connectivity index (χ4n) is 1.63. The smallest absolute Gasteiger partial charge is 0.239 e. The molecule has 15 heavy (non-hydrogen) atoms. The zero-order chi connectivity index (χ0) is 11.8. The van der Waals surface area contributed by atoms with Crippen molar-refractivity contribution in [3.8, 4) is 0 Å². The molecule has 0 spiro atoms. The SMILES string of the molecule is C=CCC(C)NC(C)C(=O)N(CC)CC. The molecule has 0 aromatic heterocycles. The van der Waals surface area contributed by atoms with Crippen molar-refractivity contribution < 1.29 is 4.79 Å². The summed E-state index contributed by atoms with van der Waals surface area (Å²) in [7, 11) is 0. The predicted molar refractivity (Wildman–Crippen MR) is 64.8 cm³/mol. The fraction of sp³-hybridized carbons (Fsp3) is 0.750. The van der Waals surface area contributed by atoms with E-state index in [0.717, 1.165) is 19.5 Å². The van der Waals surface area contributed by atoms with Crippen molar-refractivity contribution in [1.29, 1.82) is 0 Å². The Kier molecular flexibility index (Phi) is 7.05. The molecule has 1 N–H and O–H groups in total. The molecule has 0 heterocycles. The van der Waals surface area contributed by atoms with Crippen molar-refractivity contribution in [3.63, 3.8) is 0 Å². The largest absolute Gasteiger partial charge is 0.342 e. The molecule has 0 saturated heterocycles. The van der Waals surface area contributed by atoms with E-state index in [2.05, 4.69) is 18.8 Å². The first-order valence-corrected chi connectivity index (χ1v) is 5.72. The third-order valence-electron chi connectivity index (χ3n) is 2.50. The molecule has 0 aliphatic rings. The number of amides is 1. The van der Waals surface area contributed by atoms with Crippen LogP contribution >= 0.6 is 0 Å². The molecule has 88 valence electrons. The number of likely N-dealkylation sites (N-methyl/N-ethyl adjacent to an activating group) is 1. The Morgan fingerprint density at radius 3 is 2.33 bits per heavy atom. The van der Waals surface area contributed by atoms with E-state index in [1.165, 1.54) is 0 Å². The van der Waals surface area contributed by atoms with Gasteiger partial charge in [-0.25, -0.2) is 0 Å². The van der Waals surface area contributed by atoms with Crippen LogP contribution in [0.1, 0.15) is 34.1 Å². The van der Waals surface area contributed by atoms with Crippen LogP contribution < -0.4 is 5.32 Å². The average molecular weight is 212 g/mol. The van der Waals surface area contributed by atoms with E-state index in [0.29, 0.717) is 6.04 Å². The first kappa shape index (κ1) is 14.2. The molecule has 0 radical (unpaired) electrons. The van der Waals surface area contributed by atoms with Gasteiger partial charge >= 0.3 is 0 Å². The molecule has 2 unspecified atom stereocenters. The Balaban J connectivity index is 4.13. The Hall–Kier alpha value is -0.830. The van der Waals surface area contributed by atoms with E-state index in [4.69, 9.17) is 0 Å². The second-order valence-electron chi connectivity index (χ2n) is 3.82. The molecule has 3 heteroatoms. The van der Waals surface area contributed by atoms with Crippen molar-refractivity contribution in [2.45, 2.75) is 46.2 Å². The number of hydrogen-bond acceptors (Lipinski definition) is 2. The van der Waals surface area contributed by atoms with E-state index in [9.17, 15) is 4.79 Å². The Bertz CT molecular complexity index is 200. The minimum absolute atomic E-state index is 0.111. The summed E-state index contributed by atoms with van der Waals surface area (Å²) in [4.78, 5) is 13.7. The normalized spacial score (nSPS) is 14.4. The number of nitrogens with one attached hydrogen (secondary N) is 1. The van der Waals surface area contributed by atoms with E-state index >= 15 is 0 Å². The minimum Gasteiger partial charge on any atom is -0.342 e. The lowest BCUT2D eigenvalue weighted by molar-refractivity contribution is -0.132. The van der Waals surface area contributed by atoms with Crippen LogP contribution in [-0.2, 0) is 4.79 Å². The zero-order valence-corrected chi connectivity index (χ0v) is 10.4. The third kappa shape index (κ3) is 4.98. The van der Waals surface area contributed by atoms with Crippen LogP contribution in [0, 0.1) is 0 Å². The summed E-state index contributed by atoms with van der Waals surface area (Å²) in [5.74, 6) is 0.177. The molecule has 0 aromatic carbocycles. The van der Waals surface area contributed by atoms with Gasteiger partial charge in [0.2, 0.25) is 5.91 Å². The minimum atomic E-state index is -0.111. The van der Waals surface area contributed by atoms with E-state index < -0.39 is 0 Å². The van der Waals surface area contributed by atoms with Gasteiger partial charge in [-0.3, -0.25) is 4.79 Å². The van der Waals surface area contributed by atoms with Crippen LogP contribution in [0.15, 0.2) is 12.7 Å². The number of carbonyl (C=O) groups is 1. The summed E-state index contributed by atoms with van der Waals surface area (Å²) >= 11 is 0. The fourth-order valence-corrected chi connectivity index (χ4v) is 1.63. The molecule has 0 bridgehead atoms. The highest BCUT2D eigenvalue weighted by Crippen LogP contribution is 1.98. The highest BCUT2D eigenvalue weighted by molar-refractivity contribution is 5.81. The number of hydrogen-bond donors (Lipinski definition) is 1. The molecular weight excluding hydrogens is 188 g/mol. The van der Waals surface area contributed by atoms with Gasteiger partial charge in [-0.1, -0.05) is 6.08 Å². The molecule has 2 atom stereocenters. The van der Waals surface area contributed by atoms with Gasteiger partial charge in [0.25, 0.3) is 0 Å². The maximum Gasteiger partial charge on any atom is 0.239 e.